The van der Waals surface area contributed by atoms with E-state index in [4.69, 9.17) is 20.8 Å². The Labute approximate surface area is 205 Å². The fourth-order valence-corrected chi connectivity index (χ4v) is 4.29. The summed E-state index contributed by atoms with van der Waals surface area (Å²) in [6.45, 7) is 2.58. The fourth-order valence-electron chi connectivity index (χ4n) is 3.38. The monoisotopic (exact) mass is 489 g/mol. The van der Waals surface area contributed by atoms with Crippen LogP contribution in [0.15, 0.2) is 88.4 Å². The molecule has 0 fully saturated rings. The van der Waals surface area contributed by atoms with Gasteiger partial charge in [0.05, 0.1) is 12.4 Å². The molecule has 0 unspecified atom stereocenters. The van der Waals surface area contributed by atoms with Gasteiger partial charge in [-0.15, -0.1) is 20.4 Å². The van der Waals surface area contributed by atoms with Crippen LogP contribution < -0.4 is 4.74 Å². The Morgan fingerprint density at radius 2 is 1.62 bits per heavy atom. The molecule has 2 aromatic heterocycles. The van der Waals surface area contributed by atoms with Gasteiger partial charge in [0.1, 0.15) is 5.75 Å². The quantitative estimate of drug-likeness (QED) is 0.236. The summed E-state index contributed by atoms with van der Waals surface area (Å²) in [7, 11) is 0. The standard InChI is InChI=1S/C25H20ClN5O2S/c1-2-32-21-14-12-20(13-15-21)31-23(17-6-4-3-5-7-17)28-30-25(31)34-16-22-27-29-24(33-22)18-8-10-19(26)11-9-18/h3-15H,2,16H2,1H3. The summed E-state index contributed by atoms with van der Waals surface area (Å²) in [6.07, 6.45) is 0. The average Bonchev–Trinajstić information content (AvgIpc) is 3.52. The van der Waals surface area contributed by atoms with Gasteiger partial charge in [-0.25, -0.2) is 0 Å². The molecule has 0 saturated carbocycles. The van der Waals surface area contributed by atoms with E-state index < -0.39 is 0 Å². The first-order chi connectivity index (χ1) is 16.7. The molecule has 0 N–H and O–H groups in total. The summed E-state index contributed by atoms with van der Waals surface area (Å²) < 4.78 is 13.5. The minimum absolute atomic E-state index is 0.449. The van der Waals surface area contributed by atoms with Gasteiger partial charge in [-0.05, 0) is 55.5 Å². The molecule has 170 valence electrons. The number of aromatic nitrogens is 5. The van der Waals surface area contributed by atoms with Crippen molar-refractivity contribution in [2.45, 2.75) is 17.8 Å². The van der Waals surface area contributed by atoms with E-state index in [0.717, 1.165) is 28.4 Å². The van der Waals surface area contributed by atoms with Gasteiger partial charge >= 0.3 is 0 Å². The van der Waals surface area contributed by atoms with Gasteiger partial charge in [-0.2, -0.15) is 0 Å². The molecular formula is C25H20ClN5O2S. The Morgan fingerprint density at radius 3 is 2.35 bits per heavy atom. The van der Waals surface area contributed by atoms with Crippen molar-refractivity contribution < 1.29 is 9.15 Å². The number of benzene rings is 3. The highest BCUT2D eigenvalue weighted by atomic mass is 35.5. The minimum atomic E-state index is 0.449. The van der Waals surface area contributed by atoms with Gasteiger partial charge < -0.3 is 9.15 Å². The second kappa shape index (κ2) is 10.1. The first-order valence-corrected chi connectivity index (χ1v) is 12.0. The van der Waals surface area contributed by atoms with Crippen molar-refractivity contribution in [1.82, 2.24) is 25.0 Å². The minimum Gasteiger partial charge on any atom is -0.494 e. The normalized spacial score (nSPS) is 11.0. The van der Waals surface area contributed by atoms with E-state index in [0.29, 0.717) is 34.3 Å². The number of hydrogen-bond donors (Lipinski definition) is 0. The number of rotatable bonds is 8. The fraction of sp³-hybridized carbons (Fsp3) is 0.120. The molecule has 0 aliphatic rings. The van der Waals surface area contributed by atoms with Crippen molar-refractivity contribution in [3.05, 3.63) is 89.8 Å². The van der Waals surface area contributed by atoms with Gasteiger partial charge in [0, 0.05) is 21.8 Å². The first kappa shape index (κ1) is 22.2. The van der Waals surface area contributed by atoms with Gasteiger partial charge in [-0.1, -0.05) is 53.7 Å². The number of hydrogen-bond acceptors (Lipinski definition) is 7. The lowest BCUT2D eigenvalue weighted by Crippen LogP contribution is -2.00. The molecule has 0 amide bonds. The van der Waals surface area contributed by atoms with Crippen LogP contribution in [0.5, 0.6) is 5.75 Å². The molecule has 5 rings (SSSR count). The van der Waals surface area contributed by atoms with E-state index in [1.54, 1.807) is 12.1 Å². The highest BCUT2D eigenvalue weighted by Crippen LogP contribution is 2.31. The van der Waals surface area contributed by atoms with E-state index >= 15 is 0 Å². The maximum Gasteiger partial charge on any atom is 0.247 e. The molecule has 34 heavy (non-hydrogen) atoms. The van der Waals surface area contributed by atoms with E-state index in [1.807, 2.05) is 78.2 Å². The van der Waals surface area contributed by atoms with E-state index in [-0.39, 0.29) is 0 Å². The lowest BCUT2D eigenvalue weighted by Gasteiger charge is -2.11. The van der Waals surface area contributed by atoms with Crippen LogP contribution in [-0.4, -0.2) is 31.6 Å². The SMILES string of the molecule is CCOc1ccc(-n2c(SCc3nnc(-c4ccc(Cl)cc4)o3)nnc2-c2ccccc2)cc1. The summed E-state index contributed by atoms with van der Waals surface area (Å²) in [6, 6.07) is 25.1. The molecule has 0 radical (unpaired) electrons. The Hall–Kier alpha value is -3.62. The smallest absolute Gasteiger partial charge is 0.247 e. The third-order valence-corrected chi connectivity index (χ3v) is 6.12. The van der Waals surface area contributed by atoms with Crippen LogP contribution in [0.25, 0.3) is 28.5 Å². The van der Waals surface area contributed by atoms with Crippen molar-refractivity contribution >= 4 is 23.4 Å². The summed E-state index contributed by atoms with van der Waals surface area (Å²) in [5.41, 5.74) is 2.72. The maximum absolute atomic E-state index is 5.97. The predicted molar refractivity (Wildman–Crippen MR) is 132 cm³/mol. The molecule has 7 nitrogen and oxygen atoms in total. The topological polar surface area (TPSA) is 78.9 Å². The highest BCUT2D eigenvalue weighted by Gasteiger charge is 2.18. The second-order valence-electron chi connectivity index (χ2n) is 7.23. The lowest BCUT2D eigenvalue weighted by molar-refractivity contribution is 0.340. The van der Waals surface area contributed by atoms with Crippen molar-refractivity contribution in [1.29, 1.82) is 0 Å². The molecular weight excluding hydrogens is 470 g/mol. The largest absolute Gasteiger partial charge is 0.494 e. The lowest BCUT2D eigenvalue weighted by atomic mass is 10.2. The molecule has 3 aromatic carbocycles. The molecule has 0 aliphatic carbocycles. The third-order valence-electron chi connectivity index (χ3n) is 4.95. The summed E-state index contributed by atoms with van der Waals surface area (Å²) >= 11 is 7.44. The van der Waals surface area contributed by atoms with Gasteiger partial charge in [0.25, 0.3) is 0 Å². The zero-order chi connectivity index (χ0) is 23.3. The number of halogens is 1. The van der Waals surface area contributed by atoms with Crippen molar-refractivity contribution in [3.63, 3.8) is 0 Å². The molecule has 0 atom stereocenters. The predicted octanol–water partition coefficient (Wildman–Crippen LogP) is 6.33. The molecule has 5 aromatic rings. The summed E-state index contributed by atoms with van der Waals surface area (Å²) in [5.74, 6) is 2.96. The average molecular weight is 490 g/mol. The van der Waals surface area contributed by atoms with Crippen LogP contribution in [-0.2, 0) is 5.75 Å². The van der Waals surface area contributed by atoms with Gasteiger partial charge in [0.15, 0.2) is 11.0 Å². The van der Waals surface area contributed by atoms with Crippen molar-refractivity contribution in [2.24, 2.45) is 0 Å². The van der Waals surface area contributed by atoms with Gasteiger partial charge in [-0.3, -0.25) is 4.57 Å². The number of thioether (sulfide) groups is 1. The van der Waals surface area contributed by atoms with E-state index in [1.165, 1.54) is 11.8 Å². The van der Waals surface area contributed by atoms with Crippen LogP contribution in [0.4, 0.5) is 0 Å². The molecule has 9 heteroatoms. The Morgan fingerprint density at radius 1 is 0.853 bits per heavy atom. The Kier molecular flexibility index (Phi) is 6.60. The summed E-state index contributed by atoms with van der Waals surface area (Å²) in [4.78, 5) is 0. The highest BCUT2D eigenvalue weighted by molar-refractivity contribution is 7.98. The summed E-state index contributed by atoms with van der Waals surface area (Å²) in [5, 5.41) is 18.6. The molecule has 0 bridgehead atoms. The van der Waals surface area contributed by atoms with Crippen LogP contribution in [0.3, 0.4) is 0 Å². The van der Waals surface area contributed by atoms with Crippen molar-refractivity contribution in [3.8, 4) is 34.3 Å². The second-order valence-corrected chi connectivity index (χ2v) is 8.61. The molecule has 0 spiro atoms. The Bertz CT molecular complexity index is 1370. The zero-order valence-electron chi connectivity index (χ0n) is 18.3. The first-order valence-electron chi connectivity index (χ1n) is 10.7. The third kappa shape index (κ3) is 4.83. The van der Waals surface area contributed by atoms with E-state index in [2.05, 4.69) is 20.4 Å². The molecule has 0 aliphatic heterocycles. The van der Waals surface area contributed by atoms with Gasteiger partial charge in [0.2, 0.25) is 11.8 Å². The molecule has 2 heterocycles. The molecule has 0 saturated heterocycles. The number of nitrogens with zero attached hydrogens (tertiary/aromatic N) is 5. The van der Waals surface area contributed by atoms with Crippen LogP contribution in [0, 0.1) is 0 Å². The van der Waals surface area contributed by atoms with Crippen LogP contribution in [0.1, 0.15) is 12.8 Å². The zero-order valence-corrected chi connectivity index (χ0v) is 19.8. The Balaban J connectivity index is 1.42. The van der Waals surface area contributed by atoms with Crippen LogP contribution >= 0.6 is 23.4 Å². The van der Waals surface area contributed by atoms with Crippen LogP contribution in [0.2, 0.25) is 5.02 Å². The van der Waals surface area contributed by atoms with Crippen molar-refractivity contribution in [2.75, 3.05) is 6.61 Å². The van der Waals surface area contributed by atoms with E-state index in [9.17, 15) is 0 Å². The number of ether oxygens (including phenoxy) is 1. The maximum atomic E-state index is 5.97.